The fourth-order valence-corrected chi connectivity index (χ4v) is 2.96. The average molecular weight is 374 g/mol. The highest BCUT2D eigenvalue weighted by Gasteiger charge is 2.27. The van der Waals surface area contributed by atoms with Gasteiger partial charge in [-0.15, -0.1) is 0 Å². The van der Waals surface area contributed by atoms with Crippen LogP contribution in [0.15, 0.2) is 72.5 Å². The molecule has 0 radical (unpaired) electrons. The molecule has 0 saturated heterocycles. The summed E-state index contributed by atoms with van der Waals surface area (Å²) in [5.74, 6) is 1.54. The number of phenols is 1. The molecular formula is C23H18O5. The van der Waals surface area contributed by atoms with Crippen molar-refractivity contribution in [2.24, 2.45) is 0 Å². The summed E-state index contributed by atoms with van der Waals surface area (Å²) in [6, 6.07) is 19.7. The number of hydrogen-bond donors (Lipinski definition) is 1. The number of methoxy groups -OCH3 is 1. The van der Waals surface area contributed by atoms with Gasteiger partial charge < -0.3 is 19.3 Å². The van der Waals surface area contributed by atoms with E-state index in [2.05, 4.69) is 0 Å². The van der Waals surface area contributed by atoms with Gasteiger partial charge in [0.2, 0.25) is 5.78 Å². The molecule has 0 aromatic heterocycles. The summed E-state index contributed by atoms with van der Waals surface area (Å²) in [4.78, 5) is 12.5. The van der Waals surface area contributed by atoms with Crippen molar-refractivity contribution in [2.45, 2.75) is 6.61 Å². The first-order chi connectivity index (χ1) is 13.6. The number of rotatable bonds is 5. The summed E-state index contributed by atoms with van der Waals surface area (Å²) in [5.41, 5.74) is 2.21. The minimum Gasteiger partial charge on any atom is -0.508 e. The molecule has 3 aromatic rings. The first kappa shape index (κ1) is 17.7. The van der Waals surface area contributed by atoms with Gasteiger partial charge in [0.25, 0.3) is 0 Å². The minimum absolute atomic E-state index is 0.0499. The fourth-order valence-electron chi connectivity index (χ4n) is 2.96. The number of ketones is 1. The molecule has 0 amide bonds. The lowest BCUT2D eigenvalue weighted by molar-refractivity contribution is 0.101. The van der Waals surface area contributed by atoms with Crippen LogP contribution in [0.25, 0.3) is 6.08 Å². The molecular weight excluding hydrogens is 356 g/mol. The second-order valence-electron chi connectivity index (χ2n) is 6.30. The van der Waals surface area contributed by atoms with Crippen LogP contribution in [0.5, 0.6) is 23.0 Å². The van der Waals surface area contributed by atoms with Crippen molar-refractivity contribution in [3.05, 3.63) is 89.2 Å². The van der Waals surface area contributed by atoms with Gasteiger partial charge in [-0.05, 0) is 41.5 Å². The van der Waals surface area contributed by atoms with Crippen LogP contribution in [0.1, 0.15) is 21.5 Å². The van der Waals surface area contributed by atoms with Crippen molar-refractivity contribution in [1.29, 1.82) is 0 Å². The van der Waals surface area contributed by atoms with E-state index in [1.807, 2.05) is 36.4 Å². The van der Waals surface area contributed by atoms with E-state index in [0.717, 1.165) is 11.1 Å². The molecule has 28 heavy (non-hydrogen) atoms. The largest absolute Gasteiger partial charge is 0.508 e. The molecule has 0 spiro atoms. The van der Waals surface area contributed by atoms with Crippen LogP contribution in [0.4, 0.5) is 0 Å². The van der Waals surface area contributed by atoms with Crippen molar-refractivity contribution in [1.82, 2.24) is 0 Å². The van der Waals surface area contributed by atoms with Crippen LogP contribution in [0.2, 0.25) is 0 Å². The number of fused-ring (bicyclic) bond motifs is 1. The molecule has 0 saturated carbocycles. The summed E-state index contributed by atoms with van der Waals surface area (Å²) < 4.78 is 16.9. The highest BCUT2D eigenvalue weighted by Crippen LogP contribution is 2.35. The standard InChI is InChI=1S/C23H18O5/c1-26-19-10-7-16(11-21(19)27-14-15-5-3-2-4-6-15)12-22-23(25)18-9-8-17(24)13-20(18)28-22/h2-13,24H,14H2,1H3. The van der Waals surface area contributed by atoms with Crippen molar-refractivity contribution in [2.75, 3.05) is 7.11 Å². The summed E-state index contributed by atoms with van der Waals surface area (Å²) in [5, 5.41) is 9.56. The maximum atomic E-state index is 12.5. The lowest BCUT2D eigenvalue weighted by Crippen LogP contribution is -2.00. The van der Waals surface area contributed by atoms with Crippen LogP contribution in [-0.4, -0.2) is 18.0 Å². The lowest BCUT2D eigenvalue weighted by Gasteiger charge is -2.11. The van der Waals surface area contributed by atoms with Gasteiger partial charge in [-0.1, -0.05) is 36.4 Å². The summed E-state index contributed by atoms with van der Waals surface area (Å²) in [6.07, 6.45) is 1.65. The van der Waals surface area contributed by atoms with E-state index in [9.17, 15) is 9.90 Å². The van der Waals surface area contributed by atoms with E-state index in [1.54, 1.807) is 31.4 Å². The Morgan fingerprint density at radius 2 is 1.82 bits per heavy atom. The molecule has 0 bridgehead atoms. The number of benzene rings is 3. The molecule has 0 unspecified atom stereocenters. The first-order valence-corrected chi connectivity index (χ1v) is 8.76. The first-order valence-electron chi connectivity index (χ1n) is 8.76. The molecule has 1 aliphatic rings. The lowest BCUT2D eigenvalue weighted by atomic mass is 10.1. The number of ether oxygens (including phenoxy) is 3. The van der Waals surface area contributed by atoms with Crippen molar-refractivity contribution < 1.29 is 24.1 Å². The molecule has 1 aliphatic heterocycles. The third-order valence-corrected chi connectivity index (χ3v) is 4.38. The highest BCUT2D eigenvalue weighted by molar-refractivity contribution is 6.14. The third-order valence-electron chi connectivity index (χ3n) is 4.38. The summed E-state index contributed by atoms with van der Waals surface area (Å²) >= 11 is 0. The number of aromatic hydroxyl groups is 1. The Morgan fingerprint density at radius 3 is 2.61 bits per heavy atom. The van der Waals surface area contributed by atoms with E-state index in [4.69, 9.17) is 14.2 Å². The van der Waals surface area contributed by atoms with Gasteiger partial charge in [-0.25, -0.2) is 0 Å². The molecule has 0 atom stereocenters. The fraction of sp³-hybridized carbons (Fsp3) is 0.0870. The number of hydrogen-bond acceptors (Lipinski definition) is 5. The number of carbonyl (C=O) groups is 1. The maximum absolute atomic E-state index is 12.5. The Hall–Kier alpha value is -3.73. The smallest absolute Gasteiger partial charge is 0.231 e. The van der Waals surface area contributed by atoms with Gasteiger partial charge in [0.05, 0.1) is 12.7 Å². The Morgan fingerprint density at radius 1 is 1.00 bits per heavy atom. The Bertz CT molecular complexity index is 1050. The van der Waals surface area contributed by atoms with Gasteiger partial charge in [0.15, 0.2) is 17.3 Å². The van der Waals surface area contributed by atoms with Crippen molar-refractivity contribution in [3.63, 3.8) is 0 Å². The number of allylic oxidation sites excluding steroid dienone is 1. The van der Waals surface area contributed by atoms with E-state index in [-0.39, 0.29) is 17.3 Å². The van der Waals surface area contributed by atoms with Crippen LogP contribution in [0.3, 0.4) is 0 Å². The summed E-state index contributed by atoms with van der Waals surface area (Å²) in [7, 11) is 1.58. The molecule has 0 fully saturated rings. The average Bonchev–Trinajstić information content (AvgIpc) is 3.02. The second-order valence-corrected chi connectivity index (χ2v) is 6.30. The van der Waals surface area contributed by atoms with Crippen molar-refractivity contribution >= 4 is 11.9 Å². The van der Waals surface area contributed by atoms with Crippen LogP contribution in [0, 0.1) is 0 Å². The monoisotopic (exact) mass is 374 g/mol. The van der Waals surface area contributed by atoms with Crippen LogP contribution < -0.4 is 14.2 Å². The highest BCUT2D eigenvalue weighted by atomic mass is 16.5. The second kappa shape index (κ2) is 7.48. The maximum Gasteiger partial charge on any atom is 0.231 e. The predicted molar refractivity (Wildman–Crippen MR) is 105 cm³/mol. The van der Waals surface area contributed by atoms with Gasteiger partial charge in [-0.3, -0.25) is 4.79 Å². The minimum atomic E-state index is -0.224. The predicted octanol–water partition coefficient (Wildman–Crippen LogP) is 4.60. The third kappa shape index (κ3) is 3.55. The zero-order valence-corrected chi connectivity index (χ0v) is 15.2. The number of carbonyl (C=O) groups excluding carboxylic acids is 1. The quantitative estimate of drug-likeness (QED) is 0.662. The van der Waals surface area contributed by atoms with E-state index < -0.39 is 0 Å². The molecule has 5 nitrogen and oxygen atoms in total. The van der Waals surface area contributed by atoms with Gasteiger partial charge in [0, 0.05) is 6.07 Å². The zero-order valence-electron chi connectivity index (χ0n) is 15.2. The zero-order chi connectivity index (χ0) is 19.5. The summed E-state index contributed by atoms with van der Waals surface area (Å²) in [6.45, 7) is 0.400. The molecule has 3 aromatic carbocycles. The molecule has 1 N–H and O–H groups in total. The van der Waals surface area contributed by atoms with Crippen LogP contribution >= 0.6 is 0 Å². The van der Waals surface area contributed by atoms with Gasteiger partial charge >= 0.3 is 0 Å². The Balaban J connectivity index is 1.59. The van der Waals surface area contributed by atoms with Gasteiger partial charge in [0.1, 0.15) is 18.1 Å². The van der Waals surface area contributed by atoms with E-state index in [0.29, 0.717) is 29.4 Å². The molecule has 140 valence electrons. The molecule has 1 heterocycles. The van der Waals surface area contributed by atoms with Gasteiger partial charge in [-0.2, -0.15) is 0 Å². The number of Topliss-reactive ketones (excluding diaryl/α,β-unsaturated/α-hetero) is 1. The molecule has 0 aliphatic carbocycles. The Kier molecular flexibility index (Phi) is 4.72. The van der Waals surface area contributed by atoms with E-state index >= 15 is 0 Å². The van der Waals surface area contributed by atoms with E-state index in [1.165, 1.54) is 12.1 Å². The Labute approximate surface area is 162 Å². The SMILES string of the molecule is COc1ccc(C=C2Oc3cc(O)ccc3C2=O)cc1OCc1ccccc1. The molecule has 5 heteroatoms. The van der Waals surface area contributed by atoms with Crippen LogP contribution in [-0.2, 0) is 6.61 Å². The number of phenolic OH excluding ortho intramolecular Hbond substituents is 1. The topological polar surface area (TPSA) is 65.0 Å². The molecule has 4 rings (SSSR count). The van der Waals surface area contributed by atoms with Crippen molar-refractivity contribution in [3.8, 4) is 23.0 Å². The normalized spacial score (nSPS) is 13.9.